The molecule has 2 aromatic rings. The van der Waals surface area contributed by atoms with Crippen molar-refractivity contribution in [3.63, 3.8) is 0 Å². The van der Waals surface area contributed by atoms with Crippen LogP contribution in [0.2, 0.25) is 10.0 Å². The lowest BCUT2D eigenvalue weighted by molar-refractivity contribution is -0.158. The molecule has 38 heavy (non-hydrogen) atoms. The quantitative estimate of drug-likeness (QED) is 0.404. The third kappa shape index (κ3) is 5.54. The normalized spacial score (nSPS) is 24.4. The molecule has 2 aliphatic heterocycles. The summed E-state index contributed by atoms with van der Waals surface area (Å²) in [5.74, 6) is 0.647. The second-order valence-electron chi connectivity index (χ2n) is 11.3. The van der Waals surface area contributed by atoms with E-state index in [0.717, 1.165) is 75.7 Å². The van der Waals surface area contributed by atoms with E-state index in [1.807, 2.05) is 41.3 Å². The summed E-state index contributed by atoms with van der Waals surface area (Å²) in [5, 5.41) is 1.01. The molecule has 2 heterocycles. The minimum absolute atomic E-state index is 0.138. The average molecular weight is 558 g/mol. The van der Waals surface area contributed by atoms with Gasteiger partial charge >= 0.3 is 0 Å². The highest BCUT2D eigenvalue weighted by molar-refractivity contribution is 6.42. The van der Waals surface area contributed by atoms with Crippen molar-refractivity contribution >= 4 is 34.9 Å². The first-order valence-electron chi connectivity index (χ1n) is 14.0. The molecule has 2 aromatic carbocycles. The SMILES string of the molecule is CC(=O)C1(c2ccccc2)CCN(CCC2(c3ccc(Cl)c(Cl)c3)CN(C(=O)C3CCCC3)CCO2)CC1. The molecular formula is C31H38Cl2N2O3. The van der Waals surface area contributed by atoms with E-state index >= 15 is 0 Å². The molecule has 0 radical (unpaired) electrons. The minimum Gasteiger partial charge on any atom is -0.367 e. The number of nitrogens with zero attached hydrogens (tertiary/aromatic N) is 2. The van der Waals surface area contributed by atoms with Crippen LogP contribution in [0.1, 0.15) is 63.0 Å². The molecule has 1 amide bonds. The van der Waals surface area contributed by atoms with Crippen molar-refractivity contribution in [2.45, 2.75) is 62.9 Å². The minimum atomic E-state index is -0.644. The van der Waals surface area contributed by atoms with E-state index < -0.39 is 11.0 Å². The number of ether oxygens (including phenoxy) is 1. The van der Waals surface area contributed by atoms with Gasteiger partial charge in [0.15, 0.2) is 0 Å². The summed E-state index contributed by atoms with van der Waals surface area (Å²) < 4.78 is 6.55. The highest BCUT2D eigenvalue weighted by Gasteiger charge is 2.44. The third-order valence-electron chi connectivity index (χ3n) is 9.19. The maximum atomic E-state index is 13.4. The Hall–Kier alpha value is -1.92. The van der Waals surface area contributed by atoms with E-state index in [1.54, 1.807) is 6.92 Å². The van der Waals surface area contributed by atoms with Crippen LogP contribution >= 0.6 is 23.2 Å². The molecule has 1 saturated carbocycles. The van der Waals surface area contributed by atoms with Gasteiger partial charge in [0.1, 0.15) is 11.4 Å². The summed E-state index contributed by atoms with van der Waals surface area (Å²) in [6.07, 6.45) is 6.60. The monoisotopic (exact) mass is 556 g/mol. The number of carbonyl (C=O) groups is 2. The number of amides is 1. The van der Waals surface area contributed by atoms with Crippen LogP contribution in [0.3, 0.4) is 0 Å². The molecule has 7 heteroatoms. The highest BCUT2D eigenvalue weighted by atomic mass is 35.5. The first-order valence-corrected chi connectivity index (χ1v) is 14.8. The summed E-state index contributed by atoms with van der Waals surface area (Å²) in [4.78, 5) is 30.7. The largest absolute Gasteiger partial charge is 0.367 e. The molecule has 0 N–H and O–H groups in total. The molecule has 1 unspecified atom stereocenters. The number of Topliss-reactive ketones (excluding diaryl/α,β-unsaturated/α-hetero) is 1. The van der Waals surface area contributed by atoms with Gasteiger partial charge in [-0.3, -0.25) is 9.59 Å². The maximum absolute atomic E-state index is 13.4. The Bertz CT molecular complexity index is 1140. The molecular weight excluding hydrogens is 519 g/mol. The molecule has 0 bridgehead atoms. The van der Waals surface area contributed by atoms with Crippen LogP contribution in [0.25, 0.3) is 0 Å². The fourth-order valence-corrected chi connectivity index (χ4v) is 7.05. The van der Waals surface area contributed by atoms with Crippen LogP contribution in [0, 0.1) is 5.92 Å². The number of morpholine rings is 1. The topological polar surface area (TPSA) is 49.9 Å². The summed E-state index contributed by atoms with van der Waals surface area (Å²) >= 11 is 12.7. The molecule has 2 saturated heterocycles. The van der Waals surface area contributed by atoms with Gasteiger partial charge in [0.2, 0.25) is 5.91 Å². The van der Waals surface area contributed by atoms with Gasteiger partial charge in [-0.15, -0.1) is 0 Å². The molecule has 3 aliphatic rings. The number of carbonyl (C=O) groups excluding carboxylic acids is 2. The summed E-state index contributed by atoms with van der Waals surface area (Å²) in [6.45, 7) is 5.88. The first-order chi connectivity index (χ1) is 18.3. The molecule has 1 atom stereocenters. The zero-order chi connectivity index (χ0) is 26.8. The Labute approximate surface area is 236 Å². The van der Waals surface area contributed by atoms with Crippen LogP contribution in [0.15, 0.2) is 48.5 Å². The molecule has 5 nitrogen and oxygen atoms in total. The lowest BCUT2D eigenvalue weighted by Gasteiger charge is -2.46. The van der Waals surface area contributed by atoms with E-state index in [-0.39, 0.29) is 17.6 Å². The van der Waals surface area contributed by atoms with Gasteiger partial charge in [-0.25, -0.2) is 0 Å². The van der Waals surface area contributed by atoms with Gasteiger partial charge in [-0.2, -0.15) is 0 Å². The average Bonchev–Trinajstić information content (AvgIpc) is 3.49. The van der Waals surface area contributed by atoms with E-state index in [4.69, 9.17) is 27.9 Å². The van der Waals surface area contributed by atoms with Crippen molar-refractivity contribution in [2.24, 2.45) is 5.92 Å². The lowest BCUT2D eigenvalue weighted by Crippen LogP contribution is -2.54. The van der Waals surface area contributed by atoms with E-state index in [1.165, 1.54) is 0 Å². The van der Waals surface area contributed by atoms with Crippen LogP contribution < -0.4 is 0 Å². The van der Waals surface area contributed by atoms with Crippen molar-refractivity contribution in [3.05, 3.63) is 69.7 Å². The van der Waals surface area contributed by atoms with Gasteiger partial charge in [-0.1, -0.05) is 72.4 Å². The summed E-state index contributed by atoms with van der Waals surface area (Å²) in [7, 11) is 0. The number of rotatable bonds is 7. The van der Waals surface area contributed by atoms with Gasteiger partial charge in [-0.05, 0) is 75.4 Å². The van der Waals surface area contributed by atoms with E-state index in [0.29, 0.717) is 29.7 Å². The van der Waals surface area contributed by atoms with Crippen LogP contribution in [-0.4, -0.2) is 60.8 Å². The van der Waals surface area contributed by atoms with Gasteiger partial charge in [0.05, 0.1) is 28.6 Å². The number of piperidine rings is 1. The van der Waals surface area contributed by atoms with Crippen molar-refractivity contribution in [1.82, 2.24) is 9.80 Å². The Kier molecular flexibility index (Phi) is 8.49. The summed E-state index contributed by atoms with van der Waals surface area (Å²) in [5.41, 5.74) is 1.03. The standard InChI is InChI=1S/C31H38Cl2N2O3/c1-23(36)30(25-9-3-2-4-10-25)13-16-34(17-14-30)18-15-31(26-11-12-27(32)28(33)21-26)22-35(19-20-38-31)29(37)24-7-5-6-8-24/h2-4,9-12,21,24H,5-8,13-20,22H2,1H3. The molecule has 204 valence electrons. The second kappa shape index (κ2) is 11.7. The zero-order valence-electron chi connectivity index (χ0n) is 22.3. The summed E-state index contributed by atoms with van der Waals surface area (Å²) in [6, 6.07) is 15.9. The fourth-order valence-electron chi connectivity index (χ4n) is 6.75. The third-order valence-corrected chi connectivity index (χ3v) is 9.93. The fraction of sp³-hybridized carbons (Fsp3) is 0.548. The van der Waals surface area contributed by atoms with Crippen molar-refractivity contribution in [1.29, 1.82) is 0 Å². The Morgan fingerprint density at radius 1 is 0.947 bits per heavy atom. The Morgan fingerprint density at radius 3 is 2.32 bits per heavy atom. The first kappa shape index (κ1) is 27.6. The predicted octanol–water partition coefficient (Wildman–Crippen LogP) is 6.25. The van der Waals surface area contributed by atoms with Gasteiger partial charge in [0, 0.05) is 19.0 Å². The zero-order valence-corrected chi connectivity index (χ0v) is 23.8. The smallest absolute Gasteiger partial charge is 0.225 e. The van der Waals surface area contributed by atoms with Crippen molar-refractivity contribution in [2.75, 3.05) is 39.3 Å². The number of benzene rings is 2. The number of hydrogen-bond donors (Lipinski definition) is 0. The van der Waals surface area contributed by atoms with Crippen LogP contribution in [0.4, 0.5) is 0 Å². The van der Waals surface area contributed by atoms with Crippen molar-refractivity contribution in [3.8, 4) is 0 Å². The van der Waals surface area contributed by atoms with Gasteiger partial charge in [0.25, 0.3) is 0 Å². The molecule has 0 aromatic heterocycles. The highest BCUT2D eigenvalue weighted by Crippen LogP contribution is 2.40. The molecule has 0 spiro atoms. The number of hydrogen-bond acceptors (Lipinski definition) is 4. The second-order valence-corrected chi connectivity index (χ2v) is 12.1. The Morgan fingerprint density at radius 2 is 1.66 bits per heavy atom. The molecule has 1 aliphatic carbocycles. The Balaban J connectivity index is 1.33. The number of halogens is 2. The van der Waals surface area contributed by atoms with E-state index in [2.05, 4.69) is 17.0 Å². The number of likely N-dealkylation sites (tertiary alicyclic amines) is 1. The van der Waals surface area contributed by atoms with E-state index in [9.17, 15) is 9.59 Å². The van der Waals surface area contributed by atoms with Gasteiger partial charge < -0.3 is 14.5 Å². The van der Waals surface area contributed by atoms with Crippen LogP contribution in [-0.2, 0) is 25.3 Å². The number of ketones is 1. The molecule has 5 rings (SSSR count). The predicted molar refractivity (Wildman–Crippen MR) is 152 cm³/mol. The van der Waals surface area contributed by atoms with Crippen LogP contribution in [0.5, 0.6) is 0 Å². The van der Waals surface area contributed by atoms with Crippen molar-refractivity contribution < 1.29 is 14.3 Å². The lowest BCUT2D eigenvalue weighted by atomic mass is 9.70. The molecule has 3 fully saturated rings. The maximum Gasteiger partial charge on any atom is 0.225 e.